The molecule has 0 aromatic heterocycles. The standard InChI is InChI=1S/C25H27ClN2O3S2/c1-3-20-6-4-5-7-24(20)28(33(30,31)23-14-8-19(2)9-15-23)18-25(29)27-16-17-32-22-12-10-21(26)11-13-22/h4-15H,3,16-18H2,1-2H3,(H,27,29). The molecule has 0 aliphatic heterocycles. The molecule has 5 nitrogen and oxygen atoms in total. The maximum absolute atomic E-state index is 13.5. The Bertz CT molecular complexity index is 1180. The fraction of sp³-hybridized carbons (Fsp3) is 0.240. The van der Waals surface area contributed by atoms with Crippen LogP contribution < -0.4 is 9.62 Å². The number of para-hydroxylation sites is 1. The van der Waals surface area contributed by atoms with E-state index >= 15 is 0 Å². The number of anilines is 1. The zero-order valence-corrected chi connectivity index (χ0v) is 21.0. The lowest BCUT2D eigenvalue weighted by Crippen LogP contribution is -2.41. The molecule has 0 fully saturated rings. The molecule has 0 saturated carbocycles. The largest absolute Gasteiger partial charge is 0.354 e. The second-order valence-corrected chi connectivity index (χ2v) is 10.9. The van der Waals surface area contributed by atoms with Gasteiger partial charge in [0.05, 0.1) is 10.6 Å². The van der Waals surface area contributed by atoms with Crippen LogP contribution in [0.1, 0.15) is 18.1 Å². The molecular weight excluding hydrogens is 476 g/mol. The molecule has 0 radical (unpaired) electrons. The molecule has 33 heavy (non-hydrogen) atoms. The van der Waals surface area contributed by atoms with Crippen molar-refractivity contribution >= 4 is 45.0 Å². The Kier molecular flexibility index (Phi) is 8.83. The number of carbonyl (C=O) groups excluding carboxylic acids is 1. The quantitative estimate of drug-likeness (QED) is 0.301. The first kappa shape index (κ1) is 25.1. The Balaban J connectivity index is 1.74. The summed E-state index contributed by atoms with van der Waals surface area (Å²) in [6, 6.07) is 21.4. The lowest BCUT2D eigenvalue weighted by molar-refractivity contribution is -0.119. The minimum atomic E-state index is -3.92. The topological polar surface area (TPSA) is 66.5 Å². The van der Waals surface area contributed by atoms with E-state index < -0.39 is 10.0 Å². The number of thioether (sulfide) groups is 1. The van der Waals surface area contributed by atoms with Crippen molar-refractivity contribution in [1.82, 2.24) is 5.32 Å². The second-order valence-electron chi connectivity index (χ2n) is 7.46. The Hall–Kier alpha value is -2.48. The average Bonchev–Trinajstić information content (AvgIpc) is 2.81. The van der Waals surface area contributed by atoms with Gasteiger partial charge < -0.3 is 5.32 Å². The summed E-state index contributed by atoms with van der Waals surface area (Å²) >= 11 is 7.49. The summed E-state index contributed by atoms with van der Waals surface area (Å²) in [6.07, 6.45) is 0.648. The maximum atomic E-state index is 13.5. The molecule has 0 heterocycles. The summed E-state index contributed by atoms with van der Waals surface area (Å²) in [5.41, 5.74) is 2.34. The van der Waals surface area contributed by atoms with E-state index in [0.717, 1.165) is 16.0 Å². The lowest BCUT2D eigenvalue weighted by Gasteiger charge is -2.26. The van der Waals surface area contributed by atoms with Gasteiger partial charge in [0.25, 0.3) is 10.0 Å². The summed E-state index contributed by atoms with van der Waals surface area (Å²) in [5, 5.41) is 3.52. The number of benzene rings is 3. The molecule has 3 rings (SSSR count). The molecule has 0 saturated heterocycles. The van der Waals surface area contributed by atoms with Crippen LogP contribution in [0.2, 0.25) is 5.02 Å². The second kappa shape index (κ2) is 11.6. The fourth-order valence-electron chi connectivity index (χ4n) is 3.27. The molecule has 1 N–H and O–H groups in total. The van der Waals surface area contributed by atoms with Crippen LogP contribution in [0.3, 0.4) is 0 Å². The maximum Gasteiger partial charge on any atom is 0.264 e. The highest BCUT2D eigenvalue weighted by atomic mass is 35.5. The van der Waals surface area contributed by atoms with Crippen molar-refractivity contribution in [3.63, 3.8) is 0 Å². The van der Waals surface area contributed by atoms with E-state index in [1.807, 2.05) is 50.2 Å². The molecule has 0 aliphatic rings. The molecule has 0 atom stereocenters. The van der Waals surface area contributed by atoms with Gasteiger partial charge in [-0.15, -0.1) is 11.8 Å². The van der Waals surface area contributed by atoms with Crippen molar-refractivity contribution in [3.8, 4) is 0 Å². The molecule has 0 unspecified atom stereocenters. The molecule has 0 spiro atoms. The van der Waals surface area contributed by atoms with E-state index in [2.05, 4.69) is 5.32 Å². The molecule has 3 aromatic carbocycles. The third-order valence-corrected chi connectivity index (χ3v) is 8.08. The Morgan fingerprint density at radius 3 is 2.33 bits per heavy atom. The smallest absolute Gasteiger partial charge is 0.264 e. The first-order valence-corrected chi connectivity index (χ1v) is 13.4. The van der Waals surface area contributed by atoms with Gasteiger partial charge in [-0.05, 0) is 61.4 Å². The van der Waals surface area contributed by atoms with Gasteiger partial charge in [0, 0.05) is 22.2 Å². The van der Waals surface area contributed by atoms with E-state index in [4.69, 9.17) is 11.6 Å². The average molecular weight is 503 g/mol. The molecule has 174 valence electrons. The molecular formula is C25H27ClN2O3S2. The first-order valence-electron chi connectivity index (χ1n) is 10.6. The number of nitrogens with zero attached hydrogens (tertiary/aromatic N) is 1. The molecule has 1 amide bonds. The Labute approximate surface area is 205 Å². The number of halogens is 1. The predicted molar refractivity (Wildman–Crippen MR) is 137 cm³/mol. The number of hydrogen-bond donors (Lipinski definition) is 1. The Morgan fingerprint density at radius 1 is 1.00 bits per heavy atom. The zero-order chi connectivity index (χ0) is 23.8. The number of sulfonamides is 1. The summed E-state index contributed by atoms with van der Waals surface area (Å²) in [6.45, 7) is 3.98. The monoisotopic (exact) mass is 502 g/mol. The van der Waals surface area contributed by atoms with Gasteiger partial charge in [0.1, 0.15) is 6.54 Å². The highest BCUT2D eigenvalue weighted by Gasteiger charge is 2.28. The van der Waals surface area contributed by atoms with Gasteiger partial charge in [-0.3, -0.25) is 9.10 Å². The van der Waals surface area contributed by atoms with Crippen molar-refractivity contribution in [3.05, 3.63) is 88.9 Å². The molecule has 0 aliphatic carbocycles. The van der Waals surface area contributed by atoms with E-state index in [-0.39, 0.29) is 17.3 Å². The van der Waals surface area contributed by atoms with Gasteiger partial charge in [-0.1, -0.05) is 54.4 Å². The van der Waals surface area contributed by atoms with Crippen LogP contribution in [0, 0.1) is 6.92 Å². The summed E-state index contributed by atoms with van der Waals surface area (Å²) in [4.78, 5) is 14.0. The van der Waals surface area contributed by atoms with Crippen LogP contribution in [0.4, 0.5) is 5.69 Å². The van der Waals surface area contributed by atoms with Crippen LogP contribution in [0.15, 0.2) is 82.6 Å². The van der Waals surface area contributed by atoms with Gasteiger partial charge in [0.2, 0.25) is 5.91 Å². The third kappa shape index (κ3) is 6.76. The normalized spacial score (nSPS) is 11.2. The highest BCUT2D eigenvalue weighted by molar-refractivity contribution is 7.99. The number of aryl methyl sites for hydroxylation is 2. The summed E-state index contributed by atoms with van der Waals surface area (Å²) in [5.74, 6) is 0.303. The number of hydrogen-bond acceptors (Lipinski definition) is 4. The number of rotatable bonds is 10. The molecule has 3 aromatic rings. The first-order chi connectivity index (χ1) is 15.8. The minimum absolute atomic E-state index is 0.158. The van der Waals surface area contributed by atoms with Crippen molar-refractivity contribution in [2.24, 2.45) is 0 Å². The highest BCUT2D eigenvalue weighted by Crippen LogP contribution is 2.27. The van der Waals surface area contributed by atoms with Crippen LogP contribution in [0.5, 0.6) is 0 Å². The van der Waals surface area contributed by atoms with Crippen LogP contribution in [-0.2, 0) is 21.2 Å². The van der Waals surface area contributed by atoms with Crippen LogP contribution in [-0.4, -0.2) is 33.2 Å². The van der Waals surface area contributed by atoms with Gasteiger partial charge in [0.15, 0.2) is 0 Å². The molecule has 0 bridgehead atoms. The molecule has 8 heteroatoms. The van der Waals surface area contributed by atoms with E-state index in [1.165, 1.54) is 4.31 Å². The van der Waals surface area contributed by atoms with Crippen molar-refractivity contribution < 1.29 is 13.2 Å². The van der Waals surface area contributed by atoms with Crippen LogP contribution in [0.25, 0.3) is 0 Å². The van der Waals surface area contributed by atoms with E-state index in [9.17, 15) is 13.2 Å². The van der Waals surface area contributed by atoms with E-state index in [0.29, 0.717) is 29.4 Å². The lowest BCUT2D eigenvalue weighted by atomic mass is 10.1. The zero-order valence-electron chi connectivity index (χ0n) is 18.6. The third-order valence-electron chi connectivity index (χ3n) is 5.04. The van der Waals surface area contributed by atoms with Crippen molar-refractivity contribution in [2.45, 2.75) is 30.1 Å². The van der Waals surface area contributed by atoms with Crippen LogP contribution >= 0.6 is 23.4 Å². The van der Waals surface area contributed by atoms with E-state index in [1.54, 1.807) is 48.2 Å². The number of carbonyl (C=O) groups is 1. The van der Waals surface area contributed by atoms with Gasteiger partial charge in [-0.25, -0.2) is 8.42 Å². The fourth-order valence-corrected chi connectivity index (χ4v) is 5.62. The van der Waals surface area contributed by atoms with Crippen molar-refractivity contribution in [2.75, 3.05) is 23.1 Å². The summed E-state index contributed by atoms with van der Waals surface area (Å²) < 4.78 is 28.2. The SMILES string of the molecule is CCc1ccccc1N(CC(=O)NCCSc1ccc(Cl)cc1)S(=O)(=O)c1ccc(C)cc1. The summed E-state index contributed by atoms with van der Waals surface area (Å²) in [7, 11) is -3.92. The van der Waals surface area contributed by atoms with Gasteiger partial charge in [-0.2, -0.15) is 0 Å². The number of nitrogens with one attached hydrogen (secondary N) is 1. The van der Waals surface area contributed by atoms with Gasteiger partial charge >= 0.3 is 0 Å². The van der Waals surface area contributed by atoms with Crippen molar-refractivity contribution in [1.29, 1.82) is 0 Å². The minimum Gasteiger partial charge on any atom is -0.354 e. The number of amides is 1. The Morgan fingerprint density at radius 2 is 1.67 bits per heavy atom. The predicted octanol–water partition coefficient (Wildman–Crippen LogP) is 5.31.